The number of aryl methyl sites for hydroxylation is 1. The normalized spacial score (nSPS) is 12.8. The molecule has 0 radical (unpaired) electrons. The van der Waals surface area contributed by atoms with Crippen molar-refractivity contribution in [3.63, 3.8) is 0 Å². The van der Waals surface area contributed by atoms with Crippen LogP contribution in [0.5, 0.6) is 0 Å². The van der Waals surface area contributed by atoms with Crippen LogP contribution >= 0.6 is 34.5 Å². The van der Waals surface area contributed by atoms with Gasteiger partial charge in [-0.1, -0.05) is 29.3 Å². The maximum Gasteiger partial charge on any atom is 0.123 e. The highest BCUT2D eigenvalue weighted by Gasteiger charge is 2.16. The van der Waals surface area contributed by atoms with Gasteiger partial charge in [-0.2, -0.15) is 0 Å². The van der Waals surface area contributed by atoms with Gasteiger partial charge in [0.05, 0.1) is 14.7 Å². The molecular weight excluding hydrogens is 280 g/mol. The molecule has 0 saturated carbocycles. The molecule has 0 spiro atoms. The average molecular weight is 290 g/mol. The van der Waals surface area contributed by atoms with Gasteiger partial charge in [0.2, 0.25) is 0 Å². The minimum absolute atomic E-state index is 0.298. The molecule has 1 heterocycles. The van der Waals surface area contributed by atoms with Gasteiger partial charge in [-0.15, -0.1) is 11.3 Å². The highest BCUT2D eigenvalue weighted by molar-refractivity contribution is 7.20. The Labute approximate surface area is 113 Å². The number of hydrogen-bond acceptors (Lipinski definition) is 2. The van der Waals surface area contributed by atoms with Crippen LogP contribution in [0.15, 0.2) is 24.3 Å². The first-order chi connectivity index (χ1) is 7.97. The van der Waals surface area contributed by atoms with Crippen molar-refractivity contribution < 1.29 is 4.39 Å². The number of benzene rings is 1. The minimum Gasteiger partial charge on any atom is -0.320 e. The molecule has 1 nitrogen and oxygen atoms in total. The lowest BCUT2D eigenvalue weighted by molar-refractivity contribution is 0.622. The van der Waals surface area contributed by atoms with Crippen LogP contribution in [0.2, 0.25) is 8.67 Å². The third-order valence-electron chi connectivity index (χ3n) is 2.44. The van der Waals surface area contributed by atoms with Crippen LogP contribution in [0.4, 0.5) is 4.39 Å². The predicted molar refractivity (Wildman–Crippen MR) is 71.5 cm³/mol. The molecular formula is C12H10Cl2FNS. The lowest BCUT2D eigenvalue weighted by Gasteiger charge is -2.12. The van der Waals surface area contributed by atoms with Crippen molar-refractivity contribution >= 4 is 34.5 Å². The van der Waals surface area contributed by atoms with E-state index < -0.39 is 6.04 Å². The summed E-state index contributed by atoms with van der Waals surface area (Å²) in [6, 6.07) is 5.98. The van der Waals surface area contributed by atoms with E-state index in [1.807, 2.05) is 13.0 Å². The maximum absolute atomic E-state index is 13.3. The lowest BCUT2D eigenvalue weighted by Crippen LogP contribution is -2.11. The Bertz CT molecular complexity index is 533. The zero-order chi connectivity index (χ0) is 12.6. The van der Waals surface area contributed by atoms with Gasteiger partial charge in [-0.05, 0) is 36.2 Å². The molecule has 90 valence electrons. The standard InChI is InChI=1S/C12H10Cl2FNS/c1-6-2-7(4-8(15)3-6)11(16)9-5-10(13)17-12(9)14/h2-5,11H,16H2,1H3. The quantitative estimate of drug-likeness (QED) is 0.862. The summed E-state index contributed by atoms with van der Waals surface area (Å²) < 4.78 is 14.4. The summed E-state index contributed by atoms with van der Waals surface area (Å²) in [6.07, 6.45) is 0. The first kappa shape index (κ1) is 12.8. The molecule has 2 rings (SSSR count). The van der Waals surface area contributed by atoms with E-state index in [9.17, 15) is 4.39 Å². The second-order valence-corrected chi connectivity index (χ2v) is 6.10. The molecule has 1 aromatic heterocycles. The molecule has 0 bridgehead atoms. The van der Waals surface area contributed by atoms with Crippen molar-refractivity contribution in [3.8, 4) is 0 Å². The van der Waals surface area contributed by atoms with Crippen LogP contribution in [0.1, 0.15) is 22.7 Å². The van der Waals surface area contributed by atoms with E-state index in [1.165, 1.54) is 23.5 Å². The number of halogens is 3. The fourth-order valence-corrected chi connectivity index (χ4v) is 3.24. The van der Waals surface area contributed by atoms with Gasteiger partial charge in [0.15, 0.2) is 0 Å². The molecule has 17 heavy (non-hydrogen) atoms. The second kappa shape index (κ2) is 4.94. The maximum atomic E-state index is 13.3. The van der Waals surface area contributed by atoms with Crippen LogP contribution < -0.4 is 5.73 Å². The first-order valence-corrected chi connectivity index (χ1v) is 6.52. The molecule has 1 unspecified atom stereocenters. The number of thiophene rings is 1. The molecule has 2 aromatic rings. The average Bonchev–Trinajstić information content (AvgIpc) is 2.55. The molecule has 5 heteroatoms. The molecule has 1 aromatic carbocycles. The van der Waals surface area contributed by atoms with Crippen LogP contribution in [-0.4, -0.2) is 0 Å². The van der Waals surface area contributed by atoms with Crippen molar-refractivity contribution in [1.82, 2.24) is 0 Å². The molecule has 1 atom stereocenters. The van der Waals surface area contributed by atoms with Crippen molar-refractivity contribution in [2.45, 2.75) is 13.0 Å². The summed E-state index contributed by atoms with van der Waals surface area (Å²) in [4.78, 5) is 0. The fraction of sp³-hybridized carbons (Fsp3) is 0.167. The van der Waals surface area contributed by atoms with Gasteiger partial charge in [0, 0.05) is 5.56 Å². The van der Waals surface area contributed by atoms with Crippen molar-refractivity contribution in [3.05, 3.63) is 55.4 Å². The van der Waals surface area contributed by atoms with Crippen molar-refractivity contribution in [1.29, 1.82) is 0 Å². The van der Waals surface area contributed by atoms with Gasteiger partial charge in [0.1, 0.15) is 5.82 Å². The zero-order valence-electron chi connectivity index (χ0n) is 9.01. The van der Waals surface area contributed by atoms with E-state index in [0.717, 1.165) is 11.1 Å². The van der Waals surface area contributed by atoms with Gasteiger partial charge >= 0.3 is 0 Å². The van der Waals surface area contributed by atoms with E-state index in [2.05, 4.69) is 0 Å². The number of rotatable bonds is 2. The summed E-state index contributed by atoms with van der Waals surface area (Å²) in [5.74, 6) is -0.298. The Morgan fingerprint density at radius 1 is 1.24 bits per heavy atom. The Kier molecular flexibility index (Phi) is 3.73. The van der Waals surface area contributed by atoms with Crippen LogP contribution in [0, 0.1) is 12.7 Å². The molecule has 2 N–H and O–H groups in total. The highest BCUT2D eigenvalue weighted by Crippen LogP contribution is 2.36. The Hall–Kier alpha value is -0.610. The second-order valence-electron chi connectivity index (χ2n) is 3.82. The van der Waals surface area contributed by atoms with E-state index in [1.54, 1.807) is 6.07 Å². The van der Waals surface area contributed by atoms with E-state index >= 15 is 0 Å². The summed E-state index contributed by atoms with van der Waals surface area (Å²) >= 11 is 13.2. The Balaban J connectivity index is 2.43. The van der Waals surface area contributed by atoms with Gasteiger partial charge < -0.3 is 5.73 Å². The highest BCUT2D eigenvalue weighted by atomic mass is 35.5. The summed E-state index contributed by atoms with van der Waals surface area (Å²) in [5, 5.41) is 0. The topological polar surface area (TPSA) is 26.0 Å². The molecule has 0 saturated heterocycles. The first-order valence-electron chi connectivity index (χ1n) is 4.95. The Morgan fingerprint density at radius 3 is 2.47 bits per heavy atom. The summed E-state index contributed by atoms with van der Waals surface area (Å²) in [5.41, 5.74) is 8.31. The molecule has 0 fully saturated rings. The van der Waals surface area contributed by atoms with Crippen LogP contribution in [0.3, 0.4) is 0 Å². The van der Waals surface area contributed by atoms with E-state index in [4.69, 9.17) is 28.9 Å². The van der Waals surface area contributed by atoms with E-state index in [0.29, 0.717) is 14.2 Å². The van der Waals surface area contributed by atoms with E-state index in [-0.39, 0.29) is 5.82 Å². The SMILES string of the molecule is Cc1cc(F)cc(C(N)c2cc(Cl)sc2Cl)c1. The number of hydrogen-bond donors (Lipinski definition) is 1. The summed E-state index contributed by atoms with van der Waals surface area (Å²) in [6.45, 7) is 1.82. The molecule has 0 amide bonds. The largest absolute Gasteiger partial charge is 0.320 e. The monoisotopic (exact) mass is 289 g/mol. The van der Waals surface area contributed by atoms with Crippen LogP contribution in [0.25, 0.3) is 0 Å². The molecule has 0 aliphatic rings. The van der Waals surface area contributed by atoms with Crippen molar-refractivity contribution in [2.24, 2.45) is 5.73 Å². The zero-order valence-corrected chi connectivity index (χ0v) is 11.3. The van der Waals surface area contributed by atoms with Gasteiger partial charge in [-0.25, -0.2) is 4.39 Å². The predicted octanol–water partition coefficient (Wildman–Crippen LogP) is 4.55. The van der Waals surface area contributed by atoms with Gasteiger partial charge in [-0.3, -0.25) is 0 Å². The lowest BCUT2D eigenvalue weighted by atomic mass is 10.0. The summed E-state index contributed by atoms with van der Waals surface area (Å²) in [7, 11) is 0. The molecule has 0 aliphatic carbocycles. The minimum atomic E-state index is -0.458. The fourth-order valence-electron chi connectivity index (χ4n) is 1.69. The van der Waals surface area contributed by atoms with Crippen molar-refractivity contribution in [2.75, 3.05) is 0 Å². The van der Waals surface area contributed by atoms with Crippen LogP contribution in [-0.2, 0) is 0 Å². The third kappa shape index (κ3) is 2.80. The molecule has 0 aliphatic heterocycles. The van der Waals surface area contributed by atoms with Gasteiger partial charge in [0.25, 0.3) is 0 Å². The smallest absolute Gasteiger partial charge is 0.123 e. The third-order valence-corrected chi connectivity index (χ3v) is 3.96. The Morgan fingerprint density at radius 2 is 1.94 bits per heavy atom. The number of nitrogens with two attached hydrogens (primary N) is 1.